The van der Waals surface area contributed by atoms with Gasteiger partial charge in [-0.2, -0.15) is 0 Å². The van der Waals surface area contributed by atoms with Crippen molar-refractivity contribution in [2.24, 2.45) is 0 Å². The Morgan fingerprint density at radius 3 is 2.14 bits per heavy atom. The minimum absolute atomic E-state index is 0.0204. The molecule has 1 rings (SSSR count). The quantitative estimate of drug-likeness (QED) is 0.370. The predicted molar refractivity (Wildman–Crippen MR) is 97.3 cm³/mol. The van der Waals surface area contributed by atoms with Crippen LogP contribution in [0.3, 0.4) is 0 Å². The van der Waals surface area contributed by atoms with Crippen molar-refractivity contribution >= 4 is 24.0 Å². The molecular weight excluding hydrogens is 372 g/mol. The summed E-state index contributed by atoms with van der Waals surface area (Å²) in [7, 11) is 2.48. The molecule has 9 heteroatoms. The molecule has 28 heavy (non-hydrogen) atoms. The van der Waals surface area contributed by atoms with Crippen LogP contribution in [0.15, 0.2) is 26.9 Å². The number of methoxy groups -OCH3 is 2. The third-order valence-electron chi connectivity index (χ3n) is 3.26. The van der Waals surface area contributed by atoms with Crippen LogP contribution in [0.2, 0.25) is 0 Å². The molecule has 0 spiro atoms. The lowest BCUT2D eigenvalue weighted by Crippen LogP contribution is -2.17. The highest BCUT2D eigenvalue weighted by atomic mass is 16.5. The van der Waals surface area contributed by atoms with Crippen molar-refractivity contribution in [2.75, 3.05) is 14.2 Å². The molecule has 0 saturated heterocycles. The maximum Gasteiger partial charge on any atom is 0.346 e. The van der Waals surface area contributed by atoms with E-state index in [1.54, 1.807) is 13.8 Å². The lowest BCUT2D eigenvalue weighted by atomic mass is 10.1. The molecule has 0 aliphatic carbocycles. The summed E-state index contributed by atoms with van der Waals surface area (Å²) in [6.07, 6.45) is 3.48. The van der Waals surface area contributed by atoms with E-state index in [9.17, 15) is 19.2 Å². The van der Waals surface area contributed by atoms with E-state index < -0.39 is 30.1 Å². The van der Waals surface area contributed by atoms with E-state index in [0.29, 0.717) is 0 Å². The van der Waals surface area contributed by atoms with Crippen LogP contribution in [0.1, 0.15) is 37.7 Å². The molecule has 0 radical (unpaired) electrons. The topological polar surface area (TPSA) is 118 Å². The second-order valence-electron chi connectivity index (χ2n) is 5.71. The van der Waals surface area contributed by atoms with Gasteiger partial charge in [0.2, 0.25) is 0 Å². The van der Waals surface area contributed by atoms with E-state index in [1.807, 2.05) is 0 Å². The minimum atomic E-state index is -0.835. The summed E-state index contributed by atoms with van der Waals surface area (Å²) >= 11 is 0. The number of allylic oxidation sites excluding steroid dienone is 1. The van der Waals surface area contributed by atoms with Gasteiger partial charge in [0, 0.05) is 19.1 Å². The number of carbonyl (C=O) groups excluding carboxylic acids is 3. The first-order chi connectivity index (χ1) is 13.2. The molecule has 0 N–H and O–H groups in total. The highest BCUT2D eigenvalue weighted by Crippen LogP contribution is 2.27. The van der Waals surface area contributed by atoms with Gasteiger partial charge in [-0.1, -0.05) is 5.57 Å². The van der Waals surface area contributed by atoms with E-state index in [2.05, 4.69) is 4.74 Å². The summed E-state index contributed by atoms with van der Waals surface area (Å²) in [6.45, 7) is 3.93. The van der Waals surface area contributed by atoms with Crippen LogP contribution in [-0.2, 0) is 41.8 Å². The Morgan fingerprint density at radius 1 is 0.964 bits per heavy atom. The molecule has 0 saturated carbocycles. The average molecular weight is 394 g/mol. The van der Waals surface area contributed by atoms with Crippen molar-refractivity contribution < 1.29 is 37.7 Å². The molecular formula is C19H22O9. The van der Waals surface area contributed by atoms with Gasteiger partial charge in [0.15, 0.2) is 0 Å². The Bertz CT molecular complexity index is 855. The number of carbonyl (C=O) groups is 3. The Morgan fingerprint density at radius 2 is 1.61 bits per heavy atom. The Balaban J connectivity index is 3.38. The molecule has 0 fully saturated rings. The number of hydrogen-bond acceptors (Lipinski definition) is 9. The van der Waals surface area contributed by atoms with Crippen LogP contribution >= 0.6 is 0 Å². The molecule has 1 heterocycles. The monoisotopic (exact) mass is 394 g/mol. The first-order valence-electron chi connectivity index (χ1n) is 8.13. The molecule has 0 aliphatic heterocycles. The summed E-state index contributed by atoms with van der Waals surface area (Å²) in [5.74, 6) is -1.94. The van der Waals surface area contributed by atoms with E-state index in [1.165, 1.54) is 33.3 Å². The van der Waals surface area contributed by atoms with E-state index in [0.717, 1.165) is 11.6 Å². The molecule has 1 aromatic rings. The molecule has 152 valence electrons. The van der Waals surface area contributed by atoms with Crippen molar-refractivity contribution in [1.82, 2.24) is 0 Å². The maximum absolute atomic E-state index is 12.3. The normalized spacial score (nSPS) is 10.3. The van der Waals surface area contributed by atoms with Gasteiger partial charge in [-0.25, -0.2) is 14.4 Å². The number of esters is 3. The fourth-order valence-corrected chi connectivity index (χ4v) is 2.06. The number of hydrogen-bond donors (Lipinski definition) is 0. The highest BCUT2D eigenvalue weighted by Gasteiger charge is 2.22. The molecule has 0 atom stereocenters. The second-order valence-corrected chi connectivity index (χ2v) is 5.71. The lowest BCUT2D eigenvalue weighted by Gasteiger charge is -2.14. The molecule has 0 amide bonds. The number of rotatable bonds is 8. The zero-order valence-electron chi connectivity index (χ0n) is 16.3. The fraction of sp³-hybridized carbons (Fsp3) is 0.368. The van der Waals surface area contributed by atoms with Crippen LogP contribution < -0.4 is 10.4 Å². The van der Waals surface area contributed by atoms with Crippen molar-refractivity contribution in [3.8, 4) is 5.75 Å². The van der Waals surface area contributed by atoms with E-state index in [-0.39, 0.29) is 29.2 Å². The van der Waals surface area contributed by atoms with Crippen LogP contribution in [0, 0.1) is 0 Å². The van der Waals surface area contributed by atoms with Crippen molar-refractivity contribution in [1.29, 1.82) is 0 Å². The van der Waals surface area contributed by atoms with Crippen LogP contribution in [0.5, 0.6) is 5.75 Å². The van der Waals surface area contributed by atoms with Gasteiger partial charge in [-0.3, -0.25) is 4.79 Å². The molecule has 0 aliphatic rings. The Hall–Kier alpha value is -3.36. The van der Waals surface area contributed by atoms with Crippen molar-refractivity contribution in [3.05, 3.63) is 45.0 Å². The fourth-order valence-electron chi connectivity index (χ4n) is 2.06. The molecule has 0 aromatic carbocycles. The zero-order chi connectivity index (χ0) is 21.3. The summed E-state index contributed by atoms with van der Waals surface area (Å²) in [5, 5.41) is 0. The Labute approximate surface area is 161 Å². The summed E-state index contributed by atoms with van der Waals surface area (Å²) in [6, 6.07) is 0. The standard InChI is InChI=1S/C19H22O9/c1-11(2)8-17(22)27-10-14-18(25-5)13(9-26-12(3)20)15(28-19(14)23)6-7-16(21)24-4/h6-8H,9-10H2,1-5H3/b7-6+. The van der Waals surface area contributed by atoms with Gasteiger partial charge in [0.05, 0.1) is 19.8 Å². The van der Waals surface area contributed by atoms with Gasteiger partial charge in [0.1, 0.15) is 30.3 Å². The van der Waals surface area contributed by atoms with Crippen LogP contribution in [0.4, 0.5) is 0 Å². The zero-order valence-corrected chi connectivity index (χ0v) is 16.3. The summed E-state index contributed by atoms with van der Waals surface area (Å²) in [4.78, 5) is 46.6. The van der Waals surface area contributed by atoms with Gasteiger partial charge in [0.25, 0.3) is 0 Å². The Kier molecular flexibility index (Phi) is 8.67. The van der Waals surface area contributed by atoms with E-state index >= 15 is 0 Å². The molecule has 0 unspecified atom stereocenters. The molecule has 9 nitrogen and oxygen atoms in total. The SMILES string of the molecule is COC(=O)/C=C/c1oc(=O)c(COC(=O)C=C(C)C)c(OC)c1COC(C)=O. The summed E-state index contributed by atoms with van der Waals surface area (Å²) < 4.78 is 25.0. The highest BCUT2D eigenvalue weighted by molar-refractivity contribution is 5.86. The second kappa shape index (κ2) is 10.7. The predicted octanol–water partition coefficient (Wildman–Crippen LogP) is 1.91. The largest absolute Gasteiger partial charge is 0.495 e. The van der Waals surface area contributed by atoms with E-state index in [4.69, 9.17) is 18.6 Å². The summed E-state index contributed by atoms with van der Waals surface area (Å²) in [5.41, 5.74) is 0.00174. The molecule has 1 aromatic heterocycles. The third kappa shape index (κ3) is 6.75. The van der Waals surface area contributed by atoms with Gasteiger partial charge in [-0.05, 0) is 19.9 Å². The maximum atomic E-state index is 12.3. The first kappa shape index (κ1) is 22.7. The smallest absolute Gasteiger partial charge is 0.346 e. The number of ether oxygens (including phenoxy) is 4. The van der Waals surface area contributed by atoms with Gasteiger partial charge >= 0.3 is 23.5 Å². The average Bonchev–Trinajstić information content (AvgIpc) is 2.62. The van der Waals surface area contributed by atoms with Gasteiger partial charge < -0.3 is 23.4 Å². The van der Waals surface area contributed by atoms with Crippen LogP contribution in [0.25, 0.3) is 6.08 Å². The van der Waals surface area contributed by atoms with Gasteiger partial charge in [-0.15, -0.1) is 0 Å². The van der Waals surface area contributed by atoms with Crippen molar-refractivity contribution in [3.63, 3.8) is 0 Å². The minimum Gasteiger partial charge on any atom is -0.495 e. The lowest BCUT2D eigenvalue weighted by molar-refractivity contribution is -0.142. The van der Waals surface area contributed by atoms with Crippen molar-refractivity contribution in [2.45, 2.75) is 34.0 Å². The third-order valence-corrected chi connectivity index (χ3v) is 3.26. The van der Waals surface area contributed by atoms with Crippen LogP contribution in [-0.4, -0.2) is 32.1 Å². The first-order valence-corrected chi connectivity index (χ1v) is 8.13. The molecule has 0 bridgehead atoms.